The van der Waals surface area contributed by atoms with Gasteiger partial charge in [0.05, 0.1) is 10.5 Å². The number of halogens is 1. The largest absolute Gasteiger partial charge is 0.396 e. The molecule has 0 aromatic heterocycles. The van der Waals surface area contributed by atoms with Gasteiger partial charge in [-0.15, -0.1) is 0 Å². The summed E-state index contributed by atoms with van der Waals surface area (Å²) >= 11 is 3.26. The summed E-state index contributed by atoms with van der Waals surface area (Å²) in [4.78, 5) is 24.4. The molecule has 1 N–H and O–H groups in total. The van der Waals surface area contributed by atoms with Gasteiger partial charge in [-0.3, -0.25) is 14.9 Å². The number of aliphatic hydroxyl groups excluding tert-OH is 1. The Bertz CT molecular complexity index is 535. The molecule has 1 aliphatic heterocycles. The van der Waals surface area contributed by atoms with Crippen molar-refractivity contribution in [2.24, 2.45) is 5.92 Å². The molecule has 0 spiro atoms. The second kappa shape index (κ2) is 6.32. The Morgan fingerprint density at radius 2 is 2.30 bits per heavy atom. The van der Waals surface area contributed by atoms with Crippen LogP contribution in [0.1, 0.15) is 23.2 Å². The summed E-state index contributed by atoms with van der Waals surface area (Å²) in [5, 5.41) is 20.0. The summed E-state index contributed by atoms with van der Waals surface area (Å²) < 4.78 is 0.541. The number of benzene rings is 1. The van der Waals surface area contributed by atoms with Gasteiger partial charge in [-0.05, 0) is 40.8 Å². The van der Waals surface area contributed by atoms with Gasteiger partial charge in [0, 0.05) is 36.3 Å². The van der Waals surface area contributed by atoms with E-state index in [1.807, 2.05) is 0 Å². The lowest BCUT2D eigenvalue weighted by molar-refractivity contribution is -0.384. The molecule has 108 valence electrons. The number of likely N-dealkylation sites (tertiary alicyclic amines) is 1. The van der Waals surface area contributed by atoms with E-state index in [1.165, 1.54) is 18.2 Å². The van der Waals surface area contributed by atoms with Crippen LogP contribution in [0, 0.1) is 16.0 Å². The number of carbonyl (C=O) groups excluding carboxylic acids is 1. The minimum absolute atomic E-state index is 0.0554. The Hall–Kier alpha value is -1.47. The average molecular weight is 343 g/mol. The first-order valence-corrected chi connectivity index (χ1v) is 7.16. The van der Waals surface area contributed by atoms with Crippen molar-refractivity contribution in [1.29, 1.82) is 0 Å². The van der Waals surface area contributed by atoms with Crippen molar-refractivity contribution in [3.8, 4) is 0 Å². The van der Waals surface area contributed by atoms with E-state index in [4.69, 9.17) is 0 Å². The smallest absolute Gasteiger partial charge is 0.270 e. The van der Waals surface area contributed by atoms with Crippen LogP contribution in [0.5, 0.6) is 0 Å². The fraction of sp³-hybridized carbons (Fsp3) is 0.462. The van der Waals surface area contributed by atoms with Crippen LogP contribution >= 0.6 is 15.9 Å². The van der Waals surface area contributed by atoms with Gasteiger partial charge in [-0.2, -0.15) is 0 Å². The van der Waals surface area contributed by atoms with Gasteiger partial charge < -0.3 is 10.0 Å². The fourth-order valence-corrected chi connectivity index (χ4v) is 2.78. The van der Waals surface area contributed by atoms with Crippen LogP contribution in [-0.2, 0) is 0 Å². The Morgan fingerprint density at radius 3 is 2.95 bits per heavy atom. The zero-order valence-corrected chi connectivity index (χ0v) is 12.4. The van der Waals surface area contributed by atoms with E-state index in [2.05, 4.69) is 15.9 Å². The number of nitro groups is 1. The zero-order valence-electron chi connectivity index (χ0n) is 10.8. The van der Waals surface area contributed by atoms with Crippen molar-refractivity contribution in [2.75, 3.05) is 19.7 Å². The van der Waals surface area contributed by atoms with Gasteiger partial charge in [0.1, 0.15) is 0 Å². The Labute approximate surface area is 124 Å². The van der Waals surface area contributed by atoms with Crippen LogP contribution in [0.25, 0.3) is 0 Å². The van der Waals surface area contributed by atoms with E-state index in [1.54, 1.807) is 4.90 Å². The normalized spacial score (nSPS) is 18.9. The van der Waals surface area contributed by atoms with Gasteiger partial charge in [0.2, 0.25) is 0 Å². The first kappa shape index (κ1) is 14.9. The number of amides is 1. The molecule has 1 atom stereocenters. The second-order valence-corrected chi connectivity index (χ2v) is 5.72. The molecule has 2 rings (SSSR count). The molecular weight excluding hydrogens is 328 g/mol. The van der Waals surface area contributed by atoms with E-state index in [9.17, 15) is 20.0 Å². The molecule has 0 saturated carbocycles. The average Bonchev–Trinajstić information content (AvgIpc) is 2.46. The third-order valence-electron chi connectivity index (χ3n) is 3.46. The maximum atomic E-state index is 12.4. The lowest BCUT2D eigenvalue weighted by Crippen LogP contribution is -2.41. The van der Waals surface area contributed by atoms with Crippen LogP contribution in [0.2, 0.25) is 0 Å². The van der Waals surface area contributed by atoms with Crippen LogP contribution in [0.3, 0.4) is 0 Å². The number of rotatable bonds is 3. The highest BCUT2D eigenvalue weighted by atomic mass is 79.9. The summed E-state index contributed by atoms with van der Waals surface area (Å²) in [7, 11) is 0. The topological polar surface area (TPSA) is 83.7 Å². The van der Waals surface area contributed by atoms with E-state index in [0.29, 0.717) is 17.6 Å². The van der Waals surface area contributed by atoms with Crippen LogP contribution < -0.4 is 0 Å². The molecule has 1 aromatic rings. The van der Waals surface area contributed by atoms with Gasteiger partial charge in [-0.25, -0.2) is 0 Å². The molecule has 0 aliphatic carbocycles. The zero-order chi connectivity index (χ0) is 14.7. The Balaban J connectivity index is 2.24. The van der Waals surface area contributed by atoms with E-state index in [0.717, 1.165) is 12.8 Å². The number of nitro benzene ring substituents is 1. The first-order valence-electron chi connectivity index (χ1n) is 6.37. The molecule has 1 aromatic carbocycles. The molecule has 1 aliphatic rings. The lowest BCUT2D eigenvalue weighted by atomic mass is 9.98. The number of non-ortho nitro benzene ring substituents is 1. The predicted octanol–water partition coefficient (Wildman–Crippen LogP) is 2.20. The second-order valence-electron chi connectivity index (χ2n) is 4.86. The Morgan fingerprint density at radius 1 is 1.55 bits per heavy atom. The van der Waals surface area contributed by atoms with Crippen molar-refractivity contribution < 1.29 is 14.8 Å². The number of piperidine rings is 1. The Kier molecular flexibility index (Phi) is 4.72. The van der Waals surface area contributed by atoms with E-state index >= 15 is 0 Å². The standard InChI is InChI=1S/C13H15BrN2O4/c14-12-4-3-10(16(19)20)6-11(12)13(18)15-5-1-2-9(7-15)8-17/h3-4,6,9,17H,1-2,5,7-8H2. The quantitative estimate of drug-likeness (QED) is 0.674. The van der Waals surface area contributed by atoms with Crippen LogP contribution in [-0.4, -0.2) is 40.5 Å². The highest BCUT2D eigenvalue weighted by Gasteiger charge is 2.26. The maximum Gasteiger partial charge on any atom is 0.270 e. The molecule has 1 saturated heterocycles. The van der Waals surface area contributed by atoms with Gasteiger partial charge >= 0.3 is 0 Å². The molecule has 7 heteroatoms. The summed E-state index contributed by atoms with van der Waals surface area (Å²) in [6.07, 6.45) is 1.74. The molecule has 0 bridgehead atoms. The molecule has 6 nitrogen and oxygen atoms in total. The third-order valence-corrected chi connectivity index (χ3v) is 4.15. The molecule has 0 radical (unpaired) electrons. The number of aliphatic hydroxyl groups is 1. The molecular formula is C13H15BrN2O4. The molecule has 1 fully saturated rings. The van der Waals surface area contributed by atoms with Gasteiger partial charge in [0.15, 0.2) is 0 Å². The molecule has 20 heavy (non-hydrogen) atoms. The van der Waals surface area contributed by atoms with Crippen molar-refractivity contribution >= 4 is 27.5 Å². The number of hydrogen-bond donors (Lipinski definition) is 1. The number of hydrogen-bond acceptors (Lipinski definition) is 4. The highest BCUT2D eigenvalue weighted by molar-refractivity contribution is 9.10. The lowest BCUT2D eigenvalue weighted by Gasteiger charge is -2.32. The van der Waals surface area contributed by atoms with E-state index < -0.39 is 4.92 Å². The maximum absolute atomic E-state index is 12.4. The highest BCUT2D eigenvalue weighted by Crippen LogP contribution is 2.26. The summed E-state index contributed by atoms with van der Waals surface area (Å²) in [5.74, 6) is -0.149. The minimum Gasteiger partial charge on any atom is -0.396 e. The minimum atomic E-state index is -0.518. The van der Waals surface area contributed by atoms with Crippen molar-refractivity contribution in [3.05, 3.63) is 38.3 Å². The van der Waals surface area contributed by atoms with E-state index in [-0.39, 0.29) is 29.7 Å². The SMILES string of the molecule is O=C(c1cc([N+](=O)[O-])ccc1Br)N1CCCC(CO)C1. The molecule has 1 heterocycles. The van der Waals surface area contributed by atoms with Crippen molar-refractivity contribution in [1.82, 2.24) is 4.90 Å². The fourth-order valence-electron chi connectivity index (χ4n) is 2.36. The first-order chi connectivity index (χ1) is 9.52. The van der Waals surface area contributed by atoms with Gasteiger partial charge in [-0.1, -0.05) is 0 Å². The van der Waals surface area contributed by atoms with Crippen molar-refractivity contribution in [3.63, 3.8) is 0 Å². The van der Waals surface area contributed by atoms with Crippen LogP contribution in [0.4, 0.5) is 5.69 Å². The summed E-state index contributed by atoms with van der Waals surface area (Å²) in [6, 6.07) is 4.15. The molecule has 1 unspecified atom stereocenters. The monoisotopic (exact) mass is 342 g/mol. The predicted molar refractivity (Wildman–Crippen MR) is 76.5 cm³/mol. The van der Waals surface area contributed by atoms with Crippen LogP contribution in [0.15, 0.2) is 22.7 Å². The molecule has 1 amide bonds. The van der Waals surface area contributed by atoms with Crippen molar-refractivity contribution in [2.45, 2.75) is 12.8 Å². The summed E-state index contributed by atoms with van der Waals surface area (Å²) in [6.45, 7) is 1.16. The number of nitrogens with zero attached hydrogens (tertiary/aromatic N) is 2. The van der Waals surface area contributed by atoms with Gasteiger partial charge in [0.25, 0.3) is 11.6 Å². The third kappa shape index (κ3) is 3.16. The number of carbonyl (C=O) groups is 1. The summed E-state index contributed by atoms with van der Waals surface area (Å²) in [5.41, 5.74) is 0.185.